The number of benzene rings is 1. The molecule has 1 aromatic heterocycles. The van der Waals surface area contributed by atoms with Crippen LogP contribution in [0.4, 0.5) is 5.69 Å². The summed E-state index contributed by atoms with van der Waals surface area (Å²) in [6.07, 6.45) is 6.40. The second-order valence-electron chi connectivity index (χ2n) is 6.11. The number of aromatic nitrogens is 1. The van der Waals surface area contributed by atoms with Crippen LogP contribution in [0.1, 0.15) is 24.0 Å². The molecule has 0 saturated carbocycles. The number of aryl methyl sites for hydroxylation is 2. The van der Waals surface area contributed by atoms with Crippen molar-refractivity contribution in [2.75, 3.05) is 18.0 Å². The van der Waals surface area contributed by atoms with E-state index in [4.69, 9.17) is 0 Å². The molecule has 130 valence electrons. The van der Waals surface area contributed by atoms with Gasteiger partial charge in [0, 0.05) is 31.0 Å². The third kappa shape index (κ3) is 4.79. The molecular formula is C19H22N4O2. The quantitative estimate of drug-likeness (QED) is 0.813. The fourth-order valence-corrected chi connectivity index (χ4v) is 2.99. The smallest absolute Gasteiger partial charge is 0.257 e. The van der Waals surface area contributed by atoms with Crippen molar-refractivity contribution < 1.29 is 9.59 Å². The van der Waals surface area contributed by atoms with Gasteiger partial charge in [0.05, 0.1) is 6.54 Å². The number of fused-ring (bicyclic) bond motifs is 1. The molecule has 1 aliphatic rings. The zero-order chi connectivity index (χ0) is 17.5. The van der Waals surface area contributed by atoms with Gasteiger partial charge >= 0.3 is 0 Å². The van der Waals surface area contributed by atoms with E-state index in [-0.39, 0.29) is 18.4 Å². The van der Waals surface area contributed by atoms with E-state index < -0.39 is 0 Å². The zero-order valence-corrected chi connectivity index (χ0v) is 14.1. The van der Waals surface area contributed by atoms with Gasteiger partial charge in [-0.15, -0.1) is 0 Å². The monoisotopic (exact) mass is 338 g/mol. The van der Waals surface area contributed by atoms with Gasteiger partial charge in [0.1, 0.15) is 0 Å². The van der Waals surface area contributed by atoms with Gasteiger partial charge in [-0.1, -0.05) is 24.3 Å². The zero-order valence-electron chi connectivity index (χ0n) is 14.1. The number of carbonyl (C=O) groups is 2. The van der Waals surface area contributed by atoms with Gasteiger partial charge in [-0.25, -0.2) is 0 Å². The standard InChI is InChI=1S/C19H22N4O2/c24-18(10-9-15-5-3-11-20-13-15)21-22-19(25)14-23-12-4-7-16-6-1-2-8-17(16)23/h1-3,5-6,8,11,13H,4,7,9-10,12,14H2,(H,21,24)(H,22,25). The van der Waals surface area contributed by atoms with E-state index in [1.54, 1.807) is 12.4 Å². The first-order valence-corrected chi connectivity index (χ1v) is 8.52. The second kappa shape index (κ2) is 8.28. The van der Waals surface area contributed by atoms with Gasteiger partial charge in [-0.2, -0.15) is 0 Å². The Morgan fingerprint density at radius 2 is 1.92 bits per heavy atom. The van der Waals surface area contributed by atoms with Gasteiger partial charge in [0.2, 0.25) is 5.91 Å². The van der Waals surface area contributed by atoms with Crippen molar-refractivity contribution in [3.63, 3.8) is 0 Å². The van der Waals surface area contributed by atoms with Crippen molar-refractivity contribution in [3.8, 4) is 0 Å². The fraction of sp³-hybridized carbons (Fsp3) is 0.316. The number of rotatable bonds is 5. The first-order chi connectivity index (χ1) is 12.2. The Balaban J connectivity index is 1.43. The lowest BCUT2D eigenvalue weighted by Crippen LogP contribution is -2.47. The van der Waals surface area contributed by atoms with Gasteiger partial charge < -0.3 is 4.90 Å². The number of carbonyl (C=O) groups excluding carboxylic acids is 2. The molecule has 1 aliphatic heterocycles. The maximum Gasteiger partial charge on any atom is 0.257 e. The third-order valence-electron chi connectivity index (χ3n) is 4.25. The molecule has 25 heavy (non-hydrogen) atoms. The van der Waals surface area contributed by atoms with Crippen LogP contribution >= 0.6 is 0 Å². The number of para-hydroxylation sites is 1. The summed E-state index contributed by atoms with van der Waals surface area (Å²) in [5, 5.41) is 0. The van der Waals surface area contributed by atoms with Crippen LogP contribution in [0.25, 0.3) is 0 Å². The fourth-order valence-electron chi connectivity index (χ4n) is 2.99. The Kier molecular flexibility index (Phi) is 5.61. The number of amides is 2. The lowest BCUT2D eigenvalue weighted by molar-refractivity contribution is -0.128. The SMILES string of the molecule is O=C(CCc1cccnc1)NNC(=O)CN1CCCc2ccccc21. The Bertz CT molecular complexity index is 733. The summed E-state index contributed by atoms with van der Waals surface area (Å²) in [4.78, 5) is 30.0. The molecular weight excluding hydrogens is 316 g/mol. The lowest BCUT2D eigenvalue weighted by Gasteiger charge is -2.30. The maximum absolute atomic E-state index is 12.1. The van der Waals surface area contributed by atoms with E-state index in [1.807, 2.05) is 30.3 Å². The number of pyridine rings is 1. The predicted octanol–water partition coefficient (Wildman–Crippen LogP) is 1.61. The first-order valence-electron chi connectivity index (χ1n) is 8.52. The summed E-state index contributed by atoms with van der Waals surface area (Å²) in [5.74, 6) is -0.428. The van der Waals surface area contributed by atoms with Gasteiger partial charge in [0.25, 0.3) is 5.91 Å². The molecule has 0 radical (unpaired) electrons. The largest absolute Gasteiger partial charge is 0.362 e. The van der Waals surface area contributed by atoms with Crippen LogP contribution in [0.15, 0.2) is 48.8 Å². The molecule has 0 atom stereocenters. The van der Waals surface area contributed by atoms with E-state index in [1.165, 1.54) is 5.56 Å². The van der Waals surface area contributed by atoms with Crippen LogP contribution in [-0.4, -0.2) is 29.9 Å². The first kappa shape index (κ1) is 17.0. The molecule has 0 bridgehead atoms. The van der Waals surface area contributed by atoms with Crippen molar-refractivity contribution in [2.45, 2.75) is 25.7 Å². The molecule has 3 rings (SSSR count). The molecule has 0 fully saturated rings. The average Bonchev–Trinajstić information content (AvgIpc) is 2.66. The molecule has 0 saturated heterocycles. The normalized spacial score (nSPS) is 13.0. The van der Waals surface area contributed by atoms with Crippen LogP contribution in [0, 0.1) is 0 Å². The number of nitrogens with one attached hydrogen (secondary N) is 2. The molecule has 0 unspecified atom stereocenters. The average molecular weight is 338 g/mol. The second-order valence-corrected chi connectivity index (χ2v) is 6.11. The van der Waals surface area contributed by atoms with Crippen molar-refractivity contribution >= 4 is 17.5 Å². The highest BCUT2D eigenvalue weighted by Gasteiger charge is 2.18. The number of nitrogens with zero attached hydrogens (tertiary/aromatic N) is 2. The maximum atomic E-state index is 12.1. The minimum Gasteiger partial charge on any atom is -0.362 e. The van der Waals surface area contributed by atoms with E-state index in [2.05, 4.69) is 26.8 Å². The van der Waals surface area contributed by atoms with E-state index in [0.717, 1.165) is 30.6 Å². The highest BCUT2D eigenvalue weighted by atomic mass is 16.2. The highest BCUT2D eigenvalue weighted by Crippen LogP contribution is 2.26. The summed E-state index contributed by atoms with van der Waals surface area (Å²) >= 11 is 0. The number of hydrogen-bond acceptors (Lipinski definition) is 4. The van der Waals surface area contributed by atoms with Crippen molar-refractivity contribution in [1.82, 2.24) is 15.8 Å². The van der Waals surface area contributed by atoms with Crippen LogP contribution in [-0.2, 0) is 22.4 Å². The highest BCUT2D eigenvalue weighted by molar-refractivity contribution is 5.85. The predicted molar refractivity (Wildman–Crippen MR) is 95.8 cm³/mol. The van der Waals surface area contributed by atoms with Crippen molar-refractivity contribution in [1.29, 1.82) is 0 Å². The topological polar surface area (TPSA) is 74.3 Å². The van der Waals surface area contributed by atoms with Crippen LogP contribution < -0.4 is 15.8 Å². The molecule has 6 nitrogen and oxygen atoms in total. The Morgan fingerprint density at radius 1 is 1.08 bits per heavy atom. The molecule has 2 N–H and O–H groups in total. The third-order valence-corrected chi connectivity index (χ3v) is 4.25. The molecule has 1 aromatic carbocycles. The number of anilines is 1. The molecule has 0 aliphatic carbocycles. The summed E-state index contributed by atoms with van der Waals surface area (Å²) in [5.41, 5.74) is 8.35. The molecule has 2 aromatic rings. The van der Waals surface area contributed by atoms with E-state index in [0.29, 0.717) is 12.8 Å². The molecule has 6 heteroatoms. The number of hydrogen-bond donors (Lipinski definition) is 2. The summed E-state index contributed by atoms with van der Waals surface area (Å²) in [6, 6.07) is 11.9. The van der Waals surface area contributed by atoms with Crippen LogP contribution in [0.3, 0.4) is 0 Å². The van der Waals surface area contributed by atoms with Crippen LogP contribution in [0.2, 0.25) is 0 Å². The minimum atomic E-state index is -0.216. The Labute approximate surface area is 147 Å². The Morgan fingerprint density at radius 3 is 2.76 bits per heavy atom. The van der Waals surface area contributed by atoms with Gasteiger partial charge in [-0.3, -0.25) is 25.4 Å². The van der Waals surface area contributed by atoms with Gasteiger partial charge in [-0.05, 0) is 42.5 Å². The molecule has 2 amide bonds. The molecule has 0 spiro atoms. The van der Waals surface area contributed by atoms with E-state index >= 15 is 0 Å². The summed E-state index contributed by atoms with van der Waals surface area (Å²) in [6.45, 7) is 1.08. The van der Waals surface area contributed by atoms with Crippen LogP contribution in [0.5, 0.6) is 0 Å². The van der Waals surface area contributed by atoms with Gasteiger partial charge in [0.15, 0.2) is 0 Å². The van der Waals surface area contributed by atoms with Crippen molar-refractivity contribution in [2.24, 2.45) is 0 Å². The number of hydrazine groups is 1. The summed E-state index contributed by atoms with van der Waals surface area (Å²) in [7, 11) is 0. The Hall–Kier alpha value is -2.89. The summed E-state index contributed by atoms with van der Waals surface area (Å²) < 4.78 is 0. The van der Waals surface area contributed by atoms with Crippen molar-refractivity contribution in [3.05, 3.63) is 59.9 Å². The minimum absolute atomic E-state index is 0.212. The molecule has 2 heterocycles. The lowest BCUT2D eigenvalue weighted by atomic mass is 10.0. The van der Waals surface area contributed by atoms with E-state index in [9.17, 15) is 9.59 Å².